The van der Waals surface area contributed by atoms with Crippen molar-refractivity contribution >= 4 is 28.8 Å². The first-order valence-corrected chi connectivity index (χ1v) is 13.1. The molecule has 0 aliphatic heterocycles. The minimum atomic E-state index is -2.99. The average Bonchev–Trinajstić information content (AvgIpc) is 2.84. The summed E-state index contributed by atoms with van der Waals surface area (Å²) in [7, 11) is 0. The van der Waals surface area contributed by atoms with E-state index < -0.39 is 6.60 Å². The van der Waals surface area contributed by atoms with Gasteiger partial charge in [0, 0.05) is 0 Å². The molecule has 4 aromatic rings. The predicted molar refractivity (Wildman–Crippen MR) is 131 cm³/mol. The molecular formula is C28H27OP. The van der Waals surface area contributed by atoms with Gasteiger partial charge in [0.1, 0.15) is 0 Å². The maximum absolute atomic E-state index is 11.8. The predicted octanol–water partition coefficient (Wildman–Crippen LogP) is 5.31. The molecule has 0 heterocycles. The number of hydrogen-bond acceptors (Lipinski definition) is 1. The zero-order valence-electron chi connectivity index (χ0n) is 17.1. The van der Waals surface area contributed by atoms with Gasteiger partial charge in [-0.2, -0.15) is 0 Å². The van der Waals surface area contributed by atoms with Crippen molar-refractivity contribution in [3.63, 3.8) is 0 Å². The van der Waals surface area contributed by atoms with E-state index in [1.807, 2.05) is 0 Å². The van der Waals surface area contributed by atoms with E-state index in [0.29, 0.717) is 6.42 Å². The van der Waals surface area contributed by atoms with Crippen LogP contribution in [0.15, 0.2) is 121 Å². The first-order valence-electron chi connectivity index (χ1n) is 10.4. The monoisotopic (exact) mass is 410 g/mol. The molecule has 150 valence electrons. The van der Waals surface area contributed by atoms with Crippen LogP contribution in [0, 0.1) is 0 Å². The van der Waals surface area contributed by atoms with Crippen molar-refractivity contribution in [2.24, 2.45) is 0 Å². The Bertz CT molecular complexity index is 977. The molecule has 0 saturated heterocycles. The molecule has 1 nitrogen and oxygen atoms in total. The standard InChI is InChI=1S/C28H27OP/c29-22-13-23-30(26-16-7-2-8-17-26,27-18-9-3-10-19-27,28-20-11-4-12-21-28)24-25-14-5-1-6-15-25/h1-12,14-22H,13,23-24H2. The van der Waals surface area contributed by atoms with Gasteiger partial charge in [0.2, 0.25) is 0 Å². The van der Waals surface area contributed by atoms with Crippen LogP contribution < -0.4 is 15.9 Å². The number of hydrogen-bond donors (Lipinski definition) is 0. The molecule has 0 unspecified atom stereocenters. The van der Waals surface area contributed by atoms with Gasteiger partial charge in [-0.05, 0) is 0 Å². The number of benzene rings is 4. The fourth-order valence-electron chi connectivity index (χ4n) is 4.88. The van der Waals surface area contributed by atoms with Gasteiger partial charge in [0.25, 0.3) is 0 Å². The Morgan fingerprint density at radius 3 is 1.27 bits per heavy atom. The first kappa shape index (κ1) is 20.3. The van der Waals surface area contributed by atoms with Crippen LogP contribution in [0.5, 0.6) is 0 Å². The summed E-state index contributed by atoms with van der Waals surface area (Å²) in [6, 6.07) is 43.4. The van der Waals surface area contributed by atoms with E-state index in [2.05, 4.69) is 121 Å². The quantitative estimate of drug-likeness (QED) is 0.284. The van der Waals surface area contributed by atoms with Gasteiger partial charge in [0.15, 0.2) is 0 Å². The van der Waals surface area contributed by atoms with Crippen LogP contribution >= 0.6 is 6.60 Å². The van der Waals surface area contributed by atoms with Crippen molar-refractivity contribution in [1.82, 2.24) is 0 Å². The van der Waals surface area contributed by atoms with E-state index in [4.69, 9.17) is 0 Å². The van der Waals surface area contributed by atoms with E-state index in [0.717, 1.165) is 18.6 Å². The zero-order valence-corrected chi connectivity index (χ0v) is 18.0. The minimum absolute atomic E-state index is 0.531. The second kappa shape index (κ2) is 8.78. The van der Waals surface area contributed by atoms with Crippen LogP contribution in [0.25, 0.3) is 0 Å². The van der Waals surface area contributed by atoms with E-state index in [-0.39, 0.29) is 0 Å². The van der Waals surface area contributed by atoms with Gasteiger partial charge in [-0.3, -0.25) is 0 Å². The Morgan fingerprint density at radius 1 is 0.533 bits per heavy atom. The second-order valence-corrected chi connectivity index (χ2v) is 13.2. The van der Waals surface area contributed by atoms with E-state index >= 15 is 0 Å². The van der Waals surface area contributed by atoms with Crippen molar-refractivity contribution in [3.8, 4) is 0 Å². The van der Waals surface area contributed by atoms with Crippen LogP contribution in [-0.2, 0) is 11.0 Å². The molecular weight excluding hydrogens is 383 g/mol. The molecule has 0 fully saturated rings. The third-order valence-corrected chi connectivity index (χ3v) is 13.2. The molecule has 0 aromatic heterocycles. The van der Waals surface area contributed by atoms with Gasteiger partial charge in [0.05, 0.1) is 0 Å². The zero-order chi connectivity index (χ0) is 20.7. The van der Waals surface area contributed by atoms with Crippen molar-refractivity contribution in [3.05, 3.63) is 127 Å². The van der Waals surface area contributed by atoms with Crippen LogP contribution in [-0.4, -0.2) is 12.4 Å². The fourth-order valence-corrected chi connectivity index (χ4v) is 11.6. The van der Waals surface area contributed by atoms with Gasteiger partial charge in [-0.15, -0.1) is 0 Å². The number of aldehydes is 1. The summed E-state index contributed by atoms with van der Waals surface area (Å²) in [5.41, 5.74) is 1.30. The van der Waals surface area contributed by atoms with Crippen molar-refractivity contribution < 1.29 is 4.79 Å². The van der Waals surface area contributed by atoms with Crippen LogP contribution in [0.4, 0.5) is 0 Å². The van der Waals surface area contributed by atoms with E-state index in [9.17, 15) is 4.79 Å². The molecule has 0 saturated carbocycles. The Balaban J connectivity index is 2.16. The first-order chi connectivity index (χ1) is 14.8. The molecule has 4 rings (SSSR count). The Kier molecular flexibility index (Phi) is 5.93. The fraction of sp³-hybridized carbons (Fsp3) is 0.107. The number of rotatable bonds is 8. The molecule has 0 aliphatic rings. The second-order valence-electron chi connectivity index (χ2n) is 7.84. The molecule has 0 N–H and O–H groups in total. The average molecular weight is 410 g/mol. The van der Waals surface area contributed by atoms with Crippen LogP contribution in [0.3, 0.4) is 0 Å². The summed E-state index contributed by atoms with van der Waals surface area (Å²) in [5.74, 6) is 0. The van der Waals surface area contributed by atoms with Gasteiger partial charge < -0.3 is 0 Å². The normalized spacial score (nSPS) is 12.6. The summed E-state index contributed by atoms with van der Waals surface area (Å²) in [5, 5.41) is 4.02. The summed E-state index contributed by atoms with van der Waals surface area (Å²) in [4.78, 5) is 11.8. The summed E-state index contributed by atoms with van der Waals surface area (Å²) < 4.78 is 0. The molecule has 0 radical (unpaired) electrons. The van der Waals surface area contributed by atoms with Gasteiger partial charge in [-0.25, -0.2) is 0 Å². The summed E-state index contributed by atoms with van der Waals surface area (Å²) >= 11 is 0. The molecule has 0 spiro atoms. The Labute approximate surface area is 179 Å². The van der Waals surface area contributed by atoms with Gasteiger partial charge >= 0.3 is 179 Å². The number of carbonyl (C=O) groups is 1. The van der Waals surface area contributed by atoms with E-state index in [1.54, 1.807) is 0 Å². The Hall–Kier alpha value is -3.02. The molecule has 0 amide bonds. The molecule has 30 heavy (non-hydrogen) atoms. The van der Waals surface area contributed by atoms with Crippen molar-refractivity contribution in [1.29, 1.82) is 0 Å². The van der Waals surface area contributed by atoms with Gasteiger partial charge in [-0.1, -0.05) is 0 Å². The third kappa shape index (κ3) is 3.40. The summed E-state index contributed by atoms with van der Waals surface area (Å²) in [6.07, 6.45) is 3.34. The van der Waals surface area contributed by atoms with Crippen molar-refractivity contribution in [2.45, 2.75) is 12.6 Å². The third-order valence-electron chi connectivity index (χ3n) is 6.25. The molecule has 0 atom stereocenters. The Morgan fingerprint density at radius 2 is 0.900 bits per heavy atom. The molecule has 0 aliphatic carbocycles. The molecule has 4 aromatic carbocycles. The van der Waals surface area contributed by atoms with Crippen LogP contribution in [0.2, 0.25) is 0 Å². The van der Waals surface area contributed by atoms with E-state index in [1.165, 1.54) is 21.5 Å². The van der Waals surface area contributed by atoms with Crippen molar-refractivity contribution in [2.75, 3.05) is 6.16 Å². The maximum atomic E-state index is 11.8. The molecule has 0 bridgehead atoms. The topological polar surface area (TPSA) is 17.1 Å². The summed E-state index contributed by atoms with van der Waals surface area (Å²) in [6.45, 7) is -2.99. The van der Waals surface area contributed by atoms with Crippen LogP contribution in [0.1, 0.15) is 12.0 Å². The SMILES string of the molecule is O=CCCP(Cc1ccccc1)(c1ccccc1)(c1ccccc1)c1ccccc1. The molecule has 2 heteroatoms. The number of carbonyl (C=O) groups excluding carboxylic acids is 1.